The molecule has 2 aromatic carbocycles. The first-order valence-corrected chi connectivity index (χ1v) is 9.10. The van der Waals surface area contributed by atoms with Crippen LogP contribution in [0.3, 0.4) is 0 Å². The zero-order chi connectivity index (χ0) is 18.4. The fourth-order valence-electron chi connectivity index (χ4n) is 2.44. The molecule has 1 heterocycles. The van der Waals surface area contributed by atoms with Crippen molar-refractivity contribution in [2.75, 3.05) is 13.7 Å². The molecule has 0 atom stereocenters. The molecule has 0 aliphatic heterocycles. The minimum absolute atomic E-state index is 0.0339. The van der Waals surface area contributed by atoms with Crippen molar-refractivity contribution in [3.05, 3.63) is 88.1 Å². The van der Waals surface area contributed by atoms with E-state index in [-0.39, 0.29) is 18.3 Å². The summed E-state index contributed by atoms with van der Waals surface area (Å²) in [7, 11) is 1.76. The number of amides is 1. The SMILES string of the molecule is CN(Cc1cccs1)C(=O)COc1ccc(C(=O)c2ccccc2)cc1. The lowest BCUT2D eigenvalue weighted by Crippen LogP contribution is -2.30. The second-order valence-corrected chi connectivity index (χ2v) is 6.87. The number of rotatable bonds is 7. The number of ether oxygens (including phenoxy) is 1. The molecule has 3 aromatic rings. The lowest BCUT2D eigenvalue weighted by molar-refractivity contribution is -0.132. The lowest BCUT2D eigenvalue weighted by atomic mass is 10.0. The second kappa shape index (κ2) is 8.45. The van der Waals surface area contributed by atoms with Gasteiger partial charge in [-0.1, -0.05) is 36.4 Å². The Bertz CT molecular complexity index is 858. The number of carbonyl (C=O) groups excluding carboxylic acids is 2. The Morgan fingerprint density at radius 2 is 1.62 bits per heavy atom. The van der Waals surface area contributed by atoms with E-state index < -0.39 is 0 Å². The number of hydrogen-bond donors (Lipinski definition) is 0. The van der Waals surface area contributed by atoms with Crippen LogP contribution in [0.15, 0.2) is 72.1 Å². The Morgan fingerprint density at radius 3 is 2.27 bits per heavy atom. The van der Waals surface area contributed by atoms with Crippen molar-refractivity contribution in [2.24, 2.45) is 0 Å². The summed E-state index contributed by atoms with van der Waals surface area (Å²) in [6.07, 6.45) is 0. The standard InChI is InChI=1S/C21H19NO3S/c1-22(14-19-8-5-13-26-19)20(23)15-25-18-11-9-17(10-12-18)21(24)16-6-3-2-4-7-16/h2-13H,14-15H2,1H3. The summed E-state index contributed by atoms with van der Waals surface area (Å²) >= 11 is 1.62. The zero-order valence-corrected chi connectivity index (χ0v) is 15.2. The predicted molar refractivity (Wildman–Crippen MR) is 103 cm³/mol. The van der Waals surface area contributed by atoms with E-state index in [1.165, 1.54) is 0 Å². The van der Waals surface area contributed by atoms with Crippen LogP contribution in [0.2, 0.25) is 0 Å². The van der Waals surface area contributed by atoms with Gasteiger partial charge in [-0.25, -0.2) is 0 Å². The predicted octanol–water partition coefficient (Wildman–Crippen LogP) is 4.02. The number of carbonyl (C=O) groups is 2. The van der Waals surface area contributed by atoms with Gasteiger partial charge in [0.2, 0.25) is 0 Å². The van der Waals surface area contributed by atoms with Crippen molar-refractivity contribution in [1.29, 1.82) is 0 Å². The van der Waals surface area contributed by atoms with Crippen LogP contribution in [-0.2, 0) is 11.3 Å². The highest BCUT2D eigenvalue weighted by molar-refractivity contribution is 7.09. The summed E-state index contributed by atoms with van der Waals surface area (Å²) in [5.74, 6) is 0.430. The molecule has 0 saturated heterocycles. The normalized spacial score (nSPS) is 10.3. The number of likely N-dealkylation sites (N-methyl/N-ethyl adjacent to an activating group) is 1. The van der Waals surface area contributed by atoms with E-state index in [0.717, 1.165) is 4.88 Å². The first kappa shape index (κ1) is 17.9. The number of hydrogen-bond acceptors (Lipinski definition) is 4. The summed E-state index contributed by atoms with van der Waals surface area (Å²) in [5.41, 5.74) is 1.23. The summed E-state index contributed by atoms with van der Waals surface area (Å²) < 4.78 is 5.55. The molecular formula is C21H19NO3S. The highest BCUT2D eigenvalue weighted by Gasteiger charge is 2.12. The Balaban J connectivity index is 1.54. The Hall–Kier alpha value is -2.92. The molecule has 26 heavy (non-hydrogen) atoms. The van der Waals surface area contributed by atoms with Crippen molar-refractivity contribution < 1.29 is 14.3 Å². The molecule has 132 valence electrons. The average molecular weight is 365 g/mol. The van der Waals surface area contributed by atoms with Crippen LogP contribution >= 0.6 is 11.3 Å². The first-order valence-electron chi connectivity index (χ1n) is 8.22. The number of thiophene rings is 1. The van der Waals surface area contributed by atoms with Crippen LogP contribution in [0.4, 0.5) is 0 Å². The molecule has 0 aliphatic carbocycles. The van der Waals surface area contributed by atoms with Gasteiger partial charge in [-0.2, -0.15) is 0 Å². The molecule has 1 aromatic heterocycles. The molecule has 4 nitrogen and oxygen atoms in total. The molecule has 0 unspecified atom stereocenters. The maximum absolute atomic E-state index is 12.4. The van der Waals surface area contributed by atoms with E-state index in [2.05, 4.69) is 0 Å². The van der Waals surface area contributed by atoms with Crippen molar-refractivity contribution in [3.63, 3.8) is 0 Å². The van der Waals surface area contributed by atoms with E-state index in [0.29, 0.717) is 23.4 Å². The summed E-state index contributed by atoms with van der Waals surface area (Å²) in [6, 6.07) is 19.9. The first-order chi connectivity index (χ1) is 12.6. The maximum atomic E-state index is 12.4. The quantitative estimate of drug-likeness (QED) is 0.594. The second-order valence-electron chi connectivity index (χ2n) is 5.84. The number of nitrogens with zero attached hydrogens (tertiary/aromatic N) is 1. The van der Waals surface area contributed by atoms with Crippen LogP contribution in [0, 0.1) is 0 Å². The molecule has 0 aliphatic rings. The third kappa shape index (κ3) is 4.58. The molecule has 3 rings (SSSR count). The van der Waals surface area contributed by atoms with E-state index >= 15 is 0 Å². The topological polar surface area (TPSA) is 46.6 Å². The van der Waals surface area contributed by atoms with Crippen LogP contribution in [0.25, 0.3) is 0 Å². The van der Waals surface area contributed by atoms with Gasteiger partial charge in [0.25, 0.3) is 5.91 Å². The smallest absolute Gasteiger partial charge is 0.260 e. The van der Waals surface area contributed by atoms with Gasteiger partial charge < -0.3 is 9.64 Å². The van der Waals surface area contributed by atoms with E-state index in [9.17, 15) is 9.59 Å². The number of benzene rings is 2. The van der Waals surface area contributed by atoms with Crippen molar-refractivity contribution >= 4 is 23.0 Å². The van der Waals surface area contributed by atoms with Gasteiger partial charge in [0, 0.05) is 23.1 Å². The maximum Gasteiger partial charge on any atom is 0.260 e. The van der Waals surface area contributed by atoms with Crippen molar-refractivity contribution in [3.8, 4) is 5.75 Å². The van der Waals surface area contributed by atoms with Crippen LogP contribution in [0.1, 0.15) is 20.8 Å². The minimum Gasteiger partial charge on any atom is -0.484 e. The van der Waals surface area contributed by atoms with E-state index in [1.54, 1.807) is 59.7 Å². The highest BCUT2D eigenvalue weighted by Crippen LogP contribution is 2.16. The molecular weight excluding hydrogens is 346 g/mol. The molecule has 0 N–H and O–H groups in total. The summed E-state index contributed by atoms with van der Waals surface area (Å²) in [6.45, 7) is 0.540. The average Bonchev–Trinajstić information content (AvgIpc) is 3.19. The Kier molecular flexibility index (Phi) is 5.81. The fraction of sp³-hybridized carbons (Fsp3) is 0.143. The monoisotopic (exact) mass is 365 g/mol. The lowest BCUT2D eigenvalue weighted by Gasteiger charge is -2.16. The highest BCUT2D eigenvalue weighted by atomic mass is 32.1. The van der Waals surface area contributed by atoms with Gasteiger partial charge in [0.05, 0.1) is 6.54 Å². The van der Waals surface area contributed by atoms with Crippen molar-refractivity contribution in [2.45, 2.75) is 6.54 Å². The van der Waals surface area contributed by atoms with Crippen LogP contribution < -0.4 is 4.74 Å². The molecule has 1 amide bonds. The molecule has 0 spiro atoms. The molecule has 0 fully saturated rings. The number of ketones is 1. The Morgan fingerprint density at radius 1 is 0.923 bits per heavy atom. The van der Waals surface area contributed by atoms with Crippen molar-refractivity contribution in [1.82, 2.24) is 4.90 Å². The largest absolute Gasteiger partial charge is 0.484 e. The fourth-order valence-corrected chi connectivity index (χ4v) is 3.20. The third-order valence-corrected chi connectivity index (χ3v) is 4.77. The van der Waals surface area contributed by atoms with Gasteiger partial charge in [-0.15, -0.1) is 11.3 Å². The van der Waals surface area contributed by atoms with Crippen LogP contribution in [0.5, 0.6) is 5.75 Å². The van der Waals surface area contributed by atoms with Gasteiger partial charge in [-0.3, -0.25) is 9.59 Å². The third-order valence-electron chi connectivity index (χ3n) is 3.91. The summed E-state index contributed by atoms with van der Waals surface area (Å²) in [5, 5.41) is 1.99. The molecule has 0 radical (unpaired) electrons. The minimum atomic E-state index is -0.0946. The van der Waals surface area contributed by atoms with Gasteiger partial charge in [0.1, 0.15) is 5.75 Å². The summed E-state index contributed by atoms with van der Waals surface area (Å²) in [4.78, 5) is 27.3. The molecule has 5 heteroatoms. The molecule has 0 bridgehead atoms. The van der Waals surface area contributed by atoms with Gasteiger partial charge in [-0.05, 0) is 35.7 Å². The van der Waals surface area contributed by atoms with Gasteiger partial charge in [0.15, 0.2) is 12.4 Å². The molecule has 0 saturated carbocycles. The van der Waals surface area contributed by atoms with Gasteiger partial charge >= 0.3 is 0 Å². The van der Waals surface area contributed by atoms with E-state index in [1.807, 2.05) is 35.7 Å². The Labute approximate surface area is 156 Å². The van der Waals surface area contributed by atoms with Crippen LogP contribution in [-0.4, -0.2) is 30.2 Å². The zero-order valence-electron chi connectivity index (χ0n) is 14.4. The van der Waals surface area contributed by atoms with E-state index in [4.69, 9.17) is 4.74 Å².